The zero-order chi connectivity index (χ0) is 30.3. The van der Waals surface area contributed by atoms with Crippen molar-refractivity contribution in [1.82, 2.24) is 4.90 Å². The van der Waals surface area contributed by atoms with E-state index in [0.29, 0.717) is 5.57 Å². The van der Waals surface area contributed by atoms with Gasteiger partial charge in [-0.3, -0.25) is 9.69 Å². The minimum Gasteiger partial charge on any atom is -0.394 e. The van der Waals surface area contributed by atoms with Crippen molar-refractivity contribution in [3.05, 3.63) is 41.7 Å². The first-order valence-corrected chi connectivity index (χ1v) is 12.9. The third-order valence-corrected chi connectivity index (χ3v) is 6.98. The summed E-state index contributed by atoms with van der Waals surface area (Å²) in [4.78, 5) is 15.0. The van der Waals surface area contributed by atoms with Crippen LogP contribution in [0.4, 0.5) is 0 Å². The Labute approximate surface area is 232 Å². The van der Waals surface area contributed by atoms with Crippen LogP contribution in [0.2, 0.25) is 0 Å². The molecule has 0 rings (SSSR count). The van der Waals surface area contributed by atoms with Crippen molar-refractivity contribution in [2.75, 3.05) is 54.7 Å². The molecule has 0 aliphatic carbocycles. The van der Waals surface area contributed by atoms with Gasteiger partial charge in [-0.25, -0.2) is 0 Å². The quantitative estimate of drug-likeness (QED) is 0.0836. The van der Waals surface area contributed by atoms with Gasteiger partial charge in [0.1, 0.15) is 24.4 Å². The van der Waals surface area contributed by atoms with E-state index < -0.39 is 80.1 Å². The summed E-state index contributed by atoms with van der Waals surface area (Å²) in [5.41, 5.74) is 3.61. The van der Waals surface area contributed by atoms with Crippen LogP contribution in [-0.4, -0.2) is 139 Å². The van der Waals surface area contributed by atoms with Gasteiger partial charge >= 0.3 is 0 Å². The van der Waals surface area contributed by atoms with E-state index in [2.05, 4.69) is 12.3 Å². The minimum absolute atomic E-state index is 0.0804. The van der Waals surface area contributed by atoms with Gasteiger partial charge < -0.3 is 44.8 Å². The van der Waals surface area contributed by atoms with E-state index in [1.807, 2.05) is 4.90 Å². The highest BCUT2D eigenvalue weighted by atomic mass is 16.5. The van der Waals surface area contributed by atoms with E-state index in [4.69, 9.17) is 14.2 Å². The van der Waals surface area contributed by atoms with Gasteiger partial charge in [-0.15, -0.1) is 5.73 Å². The third-order valence-electron chi connectivity index (χ3n) is 6.98. The highest BCUT2D eigenvalue weighted by Crippen LogP contribution is 2.27. The fourth-order valence-corrected chi connectivity index (χ4v) is 4.77. The Morgan fingerprint density at radius 1 is 0.923 bits per heavy atom. The van der Waals surface area contributed by atoms with Crippen molar-refractivity contribution >= 4 is 5.78 Å². The van der Waals surface area contributed by atoms with Crippen LogP contribution >= 0.6 is 0 Å². The molecule has 11 nitrogen and oxygen atoms in total. The minimum atomic E-state index is -1.39. The van der Waals surface area contributed by atoms with Crippen molar-refractivity contribution in [2.45, 2.75) is 63.4 Å². The highest BCUT2D eigenvalue weighted by Gasteiger charge is 2.36. The number of likely N-dealkylation sites (N-methyl/N-ethyl adjacent to an activating group) is 1. The Kier molecular flexibility index (Phi) is 18.5. The second-order valence-corrected chi connectivity index (χ2v) is 9.55. The van der Waals surface area contributed by atoms with Crippen molar-refractivity contribution in [3.63, 3.8) is 0 Å². The number of methoxy groups -OCH3 is 3. The van der Waals surface area contributed by atoms with Crippen molar-refractivity contribution in [3.8, 4) is 0 Å². The average Bonchev–Trinajstić information content (AvgIpc) is 2.93. The van der Waals surface area contributed by atoms with E-state index in [9.17, 15) is 35.4 Å². The van der Waals surface area contributed by atoms with E-state index in [1.165, 1.54) is 27.4 Å². The fraction of sp³-hybridized carbons (Fsp3) is 0.714. The molecule has 4 unspecified atom stereocenters. The second-order valence-electron chi connectivity index (χ2n) is 9.55. The number of hydrogen-bond donors (Lipinski definition) is 6. The van der Waals surface area contributed by atoms with Gasteiger partial charge in [0, 0.05) is 51.3 Å². The molecule has 39 heavy (non-hydrogen) atoms. The van der Waals surface area contributed by atoms with E-state index in [0.717, 1.165) is 0 Å². The largest absolute Gasteiger partial charge is 0.394 e. The highest BCUT2D eigenvalue weighted by molar-refractivity contribution is 6.04. The number of ether oxygens (including phenoxy) is 3. The lowest BCUT2D eigenvalue weighted by Crippen LogP contribution is -2.48. The summed E-state index contributed by atoms with van der Waals surface area (Å²) in [6.07, 6.45) is -2.05. The Balaban J connectivity index is 6.86. The van der Waals surface area contributed by atoms with Crippen LogP contribution in [0.5, 0.6) is 0 Å². The number of carbonyl (C=O) groups excluding carboxylic acids is 1. The molecule has 0 aromatic rings. The summed E-state index contributed by atoms with van der Waals surface area (Å²) < 4.78 is 16.3. The van der Waals surface area contributed by atoms with Crippen LogP contribution in [0.3, 0.4) is 0 Å². The number of aliphatic hydroxyl groups excluding tert-OH is 6. The molecular weight excluding hydrogens is 510 g/mol. The van der Waals surface area contributed by atoms with Crippen LogP contribution in [0.15, 0.2) is 41.7 Å². The van der Waals surface area contributed by atoms with E-state index in [1.54, 1.807) is 40.0 Å². The van der Waals surface area contributed by atoms with Gasteiger partial charge in [0.2, 0.25) is 0 Å². The third kappa shape index (κ3) is 10.6. The summed E-state index contributed by atoms with van der Waals surface area (Å²) >= 11 is 0. The predicted octanol–water partition coefficient (Wildman–Crippen LogP) is -0.553. The van der Waals surface area contributed by atoms with Crippen LogP contribution in [-0.2, 0) is 19.0 Å². The molecular formula is C28H49NO10. The Bertz CT molecular complexity index is 825. The number of rotatable bonds is 20. The van der Waals surface area contributed by atoms with Gasteiger partial charge in [-0.05, 0) is 25.6 Å². The smallest absolute Gasteiger partial charge is 0.183 e. The summed E-state index contributed by atoms with van der Waals surface area (Å²) in [7, 11) is 5.89. The molecule has 0 radical (unpaired) electrons. The standard InChI is InChI=1S/C28H49NO10/c1-9-11-22(33)20(28(39-8)25(36)16-32)12-21(18(4)27(38-7)24(35)15-31)29(5)13-19(10-2)17(3)26(37-6)23(34)14-30/h9,11-12,17-18,21,23-28,30-32,34-36H,2,13-16H2,1,3-8H3/b11-9+,20-12-/t17?,18?,21?,23?,24-,25+,26-,27+,28-/m0/s1. The first-order chi connectivity index (χ1) is 18.4. The molecule has 0 saturated carbocycles. The molecule has 226 valence electrons. The molecule has 0 aliphatic rings. The molecule has 11 heteroatoms. The number of hydrogen-bond acceptors (Lipinski definition) is 11. The van der Waals surface area contributed by atoms with Crippen molar-refractivity contribution in [1.29, 1.82) is 0 Å². The van der Waals surface area contributed by atoms with Crippen LogP contribution < -0.4 is 0 Å². The maximum atomic E-state index is 13.1. The number of allylic oxidation sites excluding steroid dienone is 2. The summed E-state index contributed by atoms with van der Waals surface area (Å²) in [6.45, 7) is 7.54. The lowest BCUT2D eigenvalue weighted by Gasteiger charge is -2.38. The molecule has 0 saturated heterocycles. The topological polar surface area (TPSA) is 169 Å². The Hall–Kier alpha value is -1.73. The Morgan fingerprint density at radius 2 is 1.44 bits per heavy atom. The predicted molar refractivity (Wildman–Crippen MR) is 147 cm³/mol. The molecule has 0 bridgehead atoms. The molecule has 0 spiro atoms. The number of nitrogens with zero attached hydrogens (tertiary/aromatic N) is 1. The first kappa shape index (κ1) is 37.3. The zero-order valence-electron chi connectivity index (χ0n) is 24.2. The second kappa shape index (κ2) is 19.4. The van der Waals surface area contributed by atoms with Crippen LogP contribution in [0, 0.1) is 11.8 Å². The first-order valence-electron chi connectivity index (χ1n) is 12.9. The van der Waals surface area contributed by atoms with Gasteiger partial charge in [-0.1, -0.05) is 32.6 Å². The maximum Gasteiger partial charge on any atom is 0.183 e. The van der Waals surface area contributed by atoms with E-state index in [-0.39, 0.29) is 12.1 Å². The zero-order valence-corrected chi connectivity index (χ0v) is 24.2. The Morgan fingerprint density at radius 3 is 1.85 bits per heavy atom. The molecule has 0 heterocycles. The van der Waals surface area contributed by atoms with E-state index >= 15 is 0 Å². The number of carbonyl (C=O) groups is 1. The van der Waals surface area contributed by atoms with Crippen LogP contribution in [0.25, 0.3) is 0 Å². The summed E-state index contributed by atoms with van der Waals surface area (Å²) in [5, 5.41) is 59.7. The van der Waals surface area contributed by atoms with Crippen LogP contribution in [0.1, 0.15) is 20.8 Å². The molecule has 0 aromatic carbocycles. The van der Waals surface area contributed by atoms with Gasteiger partial charge in [-0.2, -0.15) is 0 Å². The van der Waals surface area contributed by atoms with Gasteiger partial charge in [0.15, 0.2) is 5.78 Å². The molecule has 0 amide bonds. The molecule has 0 fully saturated rings. The fourth-order valence-electron chi connectivity index (χ4n) is 4.77. The summed E-state index contributed by atoms with van der Waals surface area (Å²) in [5.74, 6) is -1.38. The molecule has 0 aromatic heterocycles. The van der Waals surface area contributed by atoms with Crippen molar-refractivity contribution < 1.29 is 49.6 Å². The van der Waals surface area contributed by atoms with Crippen molar-refractivity contribution in [2.24, 2.45) is 11.8 Å². The summed E-state index contributed by atoms with van der Waals surface area (Å²) in [6, 6.07) is -0.650. The average molecular weight is 560 g/mol. The van der Waals surface area contributed by atoms with Gasteiger partial charge in [0.25, 0.3) is 0 Å². The number of aliphatic hydroxyl groups is 6. The van der Waals surface area contributed by atoms with Gasteiger partial charge in [0.05, 0.1) is 32.0 Å². The molecule has 6 N–H and O–H groups in total. The monoisotopic (exact) mass is 559 g/mol. The normalized spacial score (nSPS) is 19.6. The lowest BCUT2D eigenvalue weighted by atomic mass is 9.86. The maximum absolute atomic E-state index is 13.1. The SMILES string of the molecule is C=C=C(CN(C)C(/C=C(/C(=O)/C=C/C)[C@H](OC)[C@H](O)CO)C(C)[C@@H](OC)[C@@H](O)CO)C(C)[C@H](OC)C(O)CO. The molecule has 0 aliphatic heterocycles. The number of ketones is 1. The lowest BCUT2D eigenvalue weighted by molar-refractivity contribution is -0.114. The molecule has 9 atom stereocenters.